The molecule has 2 aliphatic rings. The number of fused-ring (bicyclic) bond motifs is 1. The van der Waals surface area contributed by atoms with Gasteiger partial charge in [0.05, 0.1) is 11.6 Å². The van der Waals surface area contributed by atoms with Gasteiger partial charge in [-0.1, -0.05) is 12.8 Å². The fourth-order valence-corrected chi connectivity index (χ4v) is 5.42. The third-order valence-corrected chi connectivity index (χ3v) is 7.34. The minimum absolute atomic E-state index is 0.0590. The predicted octanol–water partition coefficient (Wildman–Crippen LogP) is 4.13. The second-order valence-corrected chi connectivity index (χ2v) is 12.0. The van der Waals surface area contributed by atoms with Crippen molar-refractivity contribution in [3.8, 4) is 0 Å². The Morgan fingerprint density at radius 1 is 1.05 bits per heavy atom. The summed E-state index contributed by atoms with van der Waals surface area (Å²) in [7, 11) is 3.50. The van der Waals surface area contributed by atoms with Crippen LogP contribution >= 0.6 is 0 Å². The van der Waals surface area contributed by atoms with Gasteiger partial charge in [-0.25, -0.2) is 14.8 Å². The number of carbonyl (C=O) groups excluding carboxylic acids is 3. The van der Waals surface area contributed by atoms with E-state index in [1.165, 1.54) is 6.20 Å². The van der Waals surface area contributed by atoms with Crippen molar-refractivity contribution in [2.45, 2.75) is 70.6 Å². The van der Waals surface area contributed by atoms with Crippen molar-refractivity contribution in [2.24, 2.45) is 0 Å². The summed E-state index contributed by atoms with van der Waals surface area (Å²) in [5.74, 6) is 0.648. The van der Waals surface area contributed by atoms with E-state index in [4.69, 9.17) is 9.72 Å². The Bertz CT molecular complexity index is 1440. The van der Waals surface area contributed by atoms with Gasteiger partial charge in [-0.05, 0) is 58.2 Å². The standard InChI is InChI=1S/C29H38N8O4/c1-29(2,3)41-28(40)32-20-12-13-36(17-20)25(38)18-10-11-23(30-15-18)33-27-31-16-19-14-22(26(39)35(4)5)37(24(19)34-27)21-8-6-7-9-21/h10-11,14-16,20-21H,6-9,12-13,17H2,1-5H3,(H,32,40)(H,30,31,33,34). The molecule has 0 radical (unpaired) electrons. The Labute approximate surface area is 239 Å². The van der Waals surface area contributed by atoms with E-state index in [1.807, 2.05) is 26.8 Å². The van der Waals surface area contributed by atoms with Crippen LogP contribution in [-0.4, -0.2) is 86.1 Å². The summed E-state index contributed by atoms with van der Waals surface area (Å²) in [6, 6.07) is 5.35. The summed E-state index contributed by atoms with van der Waals surface area (Å²) >= 11 is 0. The summed E-state index contributed by atoms with van der Waals surface area (Å²) in [6.45, 7) is 6.38. The third-order valence-electron chi connectivity index (χ3n) is 7.34. The maximum atomic E-state index is 13.1. The van der Waals surface area contributed by atoms with Crippen LogP contribution in [0.2, 0.25) is 0 Å². The van der Waals surface area contributed by atoms with Gasteiger partial charge in [0, 0.05) is 51.0 Å². The molecule has 218 valence electrons. The minimum atomic E-state index is -0.579. The molecule has 3 aromatic rings. The molecular formula is C29H38N8O4. The lowest BCUT2D eigenvalue weighted by Gasteiger charge is -2.22. The van der Waals surface area contributed by atoms with Gasteiger partial charge in [0.2, 0.25) is 5.95 Å². The monoisotopic (exact) mass is 562 g/mol. The molecule has 1 atom stereocenters. The molecule has 2 N–H and O–H groups in total. The predicted molar refractivity (Wildman–Crippen MR) is 154 cm³/mol. The highest BCUT2D eigenvalue weighted by molar-refractivity contribution is 5.98. The van der Waals surface area contributed by atoms with Crippen molar-refractivity contribution in [2.75, 3.05) is 32.5 Å². The van der Waals surface area contributed by atoms with Gasteiger partial charge >= 0.3 is 6.09 Å². The van der Waals surface area contributed by atoms with Crippen molar-refractivity contribution < 1.29 is 19.1 Å². The Morgan fingerprint density at radius 2 is 1.80 bits per heavy atom. The van der Waals surface area contributed by atoms with Gasteiger partial charge in [-0.2, -0.15) is 4.98 Å². The lowest BCUT2D eigenvalue weighted by molar-refractivity contribution is 0.0502. The van der Waals surface area contributed by atoms with E-state index < -0.39 is 11.7 Å². The number of hydrogen-bond donors (Lipinski definition) is 2. The SMILES string of the molecule is CN(C)C(=O)c1cc2cnc(Nc3ccc(C(=O)N4CCC(NC(=O)OC(C)(C)C)C4)cn3)nc2n1C1CCCC1. The highest BCUT2D eigenvalue weighted by Crippen LogP contribution is 2.35. The molecule has 1 unspecified atom stereocenters. The average Bonchev–Trinajstić information content (AvgIpc) is 3.67. The van der Waals surface area contributed by atoms with Crippen molar-refractivity contribution in [1.29, 1.82) is 0 Å². The first-order chi connectivity index (χ1) is 19.5. The van der Waals surface area contributed by atoms with E-state index in [-0.39, 0.29) is 23.9 Å². The summed E-state index contributed by atoms with van der Waals surface area (Å²) in [6.07, 6.45) is 7.69. The summed E-state index contributed by atoms with van der Waals surface area (Å²) in [5.41, 5.74) is 1.21. The molecule has 12 nitrogen and oxygen atoms in total. The molecule has 12 heteroatoms. The van der Waals surface area contributed by atoms with E-state index in [0.29, 0.717) is 42.5 Å². The molecule has 1 aliphatic carbocycles. The number of nitrogens with zero attached hydrogens (tertiary/aromatic N) is 6. The fourth-order valence-electron chi connectivity index (χ4n) is 5.42. The molecule has 0 aromatic carbocycles. The zero-order valence-electron chi connectivity index (χ0n) is 24.3. The Hall–Kier alpha value is -4.22. The van der Waals surface area contributed by atoms with E-state index in [2.05, 4.69) is 25.2 Å². The molecule has 0 spiro atoms. The molecule has 1 saturated heterocycles. The van der Waals surface area contributed by atoms with Crippen LogP contribution < -0.4 is 10.6 Å². The number of anilines is 2. The zero-order chi connectivity index (χ0) is 29.3. The Balaban J connectivity index is 1.27. The number of nitrogens with one attached hydrogen (secondary N) is 2. The molecule has 5 rings (SSSR count). The van der Waals surface area contributed by atoms with Crippen LogP contribution in [0.5, 0.6) is 0 Å². The second-order valence-electron chi connectivity index (χ2n) is 12.0. The molecule has 2 fully saturated rings. The maximum absolute atomic E-state index is 13.1. The minimum Gasteiger partial charge on any atom is -0.444 e. The van der Waals surface area contributed by atoms with Gasteiger partial charge in [0.1, 0.15) is 22.8 Å². The van der Waals surface area contributed by atoms with Crippen LogP contribution in [0.25, 0.3) is 11.0 Å². The highest BCUT2D eigenvalue weighted by atomic mass is 16.6. The van der Waals surface area contributed by atoms with Crippen LogP contribution in [-0.2, 0) is 4.74 Å². The van der Waals surface area contributed by atoms with Crippen molar-refractivity contribution in [1.82, 2.24) is 34.6 Å². The average molecular weight is 563 g/mol. The first-order valence-electron chi connectivity index (χ1n) is 14.1. The number of ether oxygens (including phenoxy) is 1. The van der Waals surface area contributed by atoms with Crippen molar-refractivity contribution in [3.63, 3.8) is 0 Å². The Morgan fingerprint density at radius 3 is 2.46 bits per heavy atom. The van der Waals surface area contributed by atoms with Gasteiger partial charge in [-0.3, -0.25) is 9.59 Å². The van der Waals surface area contributed by atoms with Gasteiger partial charge in [-0.15, -0.1) is 0 Å². The van der Waals surface area contributed by atoms with Crippen molar-refractivity contribution in [3.05, 3.63) is 41.9 Å². The van der Waals surface area contributed by atoms with E-state index in [9.17, 15) is 14.4 Å². The number of alkyl carbamates (subject to hydrolysis) is 1. The number of likely N-dealkylation sites (tertiary alicyclic amines) is 1. The molecule has 41 heavy (non-hydrogen) atoms. The number of pyridine rings is 1. The largest absolute Gasteiger partial charge is 0.444 e. The molecule has 1 saturated carbocycles. The first-order valence-corrected chi connectivity index (χ1v) is 14.1. The topological polar surface area (TPSA) is 135 Å². The lowest BCUT2D eigenvalue weighted by atomic mass is 10.2. The summed E-state index contributed by atoms with van der Waals surface area (Å²) < 4.78 is 7.38. The number of hydrogen-bond acceptors (Lipinski definition) is 8. The molecule has 0 bridgehead atoms. The van der Waals surface area contributed by atoms with Crippen LogP contribution in [0.1, 0.15) is 79.8 Å². The van der Waals surface area contributed by atoms with Crippen LogP contribution in [0.15, 0.2) is 30.6 Å². The number of aromatic nitrogens is 4. The van der Waals surface area contributed by atoms with Gasteiger partial charge < -0.3 is 29.7 Å². The summed E-state index contributed by atoms with van der Waals surface area (Å²) in [4.78, 5) is 55.0. The number of amides is 3. The lowest BCUT2D eigenvalue weighted by Crippen LogP contribution is -2.41. The van der Waals surface area contributed by atoms with Crippen LogP contribution in [0.3, 0.4) is 0 Å². The normalized spacial score (nSPS) is 17.6. The van der Waals surface area contributed by atoms with Gasteiger partial charge in [0.15, 0.2) is 0 Å². The van der Waals surface area contributed by atoms with Crippen molar-refractivity contribution >= 4 is 40.7 Å². The van der Waals surface area contributed by atoms with E-state index in [0.717, 1.165) is 36.7 Å². The zero-order valence-corrected chi connectivity index (χ0v) is 24.3. The molecule has 4 heterocycles. The molecular weight excluding hydrogens is 524 g/mol. The van der Waals surface area contributed by atoms with E-state index >= 15 is 0 Å². The number of rotatable bonds is 6. The fraction of sp³-hybridized carbons (Fsp3) is 0.517. The Kier molecular flexibility index (Phi) is 7.83. The smallest absolute Gasteiger partial charge is 0.407 e. The quantitative estimate of drug-likeness (QED) is 0.458. The van der Waals surface area contributed by atoms with Gasteiger partial charge in [0.25, 0.3) is 11.8 Å². The molecule has 1 aliphatic heterocycles. The van der Waals surface area contributed by atoms with E-state index in [1.54, 1.807) is 42.2 Å². The third kappa shape index (κ3) is 6.41. The van der Waals surface area contributed by atoms with Crippen LogP contribution in [0, 0.1) is 0 Å². The first kappa shape index (κ1) is 28.3. The molecule has 3 amide bonds. The maximum Gasteiger partial charge on any atom is 0.407 e. The second kappa shape index (κ2) is 11.3. The molecule has 3 aromatic heterocycles. The summed E-state index contributed by atoms with van der Waals surface area (Å²) in [5, 5.41) is 6.78. The van der Waals surface area contributed by atoms with Crippen LogP contribution in [0.4, 0.5) is 16.6 Å². The number of carbonyl (C=O) groups is 3. The highest BCUT2D eigenvalue weighted by Gasteiger charge is 2.30.